The van der Waals surface area contributed by atoms with Gasteiger partial charge in [-0.2, -0.15) is 0 Å². The summed E-state index contributed by atoms with van der Waals surface area (Å²) in [6.45, 7) is 0. The molecule has 100 valence electrons. The zero-order valence-corrected chi connectivity index (χ0v) is 10.2. The number of nitrogen functional groups attached to an aromatic ring is 1. The molecule has 7 nitrogen and oxygen atoms in total. The summed E-state index contributed by atoms with van der Waals surface area (Å²) in [7, 11) is 0. The molecule has 0 aliphatic carbocycles. The Morgan fingerprint density at radius 3 is 3.00 bits per heavy atom. The topological polar surface area (TPSA) is 114 Å². The summed E-state index contributed by atoms with van der Waals surface area (Å²) < 4.78 is 4.88. The third-order valence-electron chi connectivity index (χ3n) is 2.73. The number of anilines is 2. The number of fused-ring (bicyclic) bond motifs is 1. The minimum Gasteiger partial charge on any atom is -0.408 e. The molecule has 20 heavy (non-hydrogen) atoms. The first-order valence-electron chi connectivity index (χ1n) is 5.78. The van der Waals surface area contributed by atoms with Crippen LogP contribution in [0.1, 0.15) is 10.5 Å². The van der Waals surface area contributed by atoms with Crippen molar-refractivity contribution in [3.05, 3.63) is 52.8 Å². The smallest absolute Gasteiger partial charge is 0.408 e. The second-order valence-corrected chi connectivity index (χ2v) is 4.12. The number of carbonyl (C=O) groups excluding carboxylic acids is 1. The van der Waals surface area contributed by atoms with E-state index in [2.05, 4.69) is 15.3 Å². The van der Waals surface area contributed by atoms with Gasteiger partial charge in [-0.1, -0.05) is 0 Å². The number of H-pyrrole nitrogens is 1. The molecule has 1 amide bonds. The number of nitrogens with zero attached hydrogens (tertiary/aromatic N) is 1. The number of aromatic nitrogens is 2. The van der Waals surface area contributed by atoms with Gasteiger partial charge in [-0.3, -0.25) is 9.78 Å². The molecule has 3 rings (SSSR count). The van der Waals surface area contributed by atoms with Crippen LogP contribution in [0.3, 0.4) is 0 Å². The van der Waals surface area contributed by atoms with Crippen molar-refractivity contribution in [1.82, 2.24) is 9.97 Å². The van der Waals surface area contributed by atoms with Crippen LogP contribution in [0.15, 0.2) is 45.7 Å². The van der Waals surface area contributed by atoms with E-state index in [0.717, 1.165) is 0 Å². The second kappa shape index (κ2) is 4.54. The number of oxazole rings is 1. The van der Waals surface area contributed by atoms with Crippen molar-refractivity contribution < 1.29 is 9.21 Å². The standard InChI is InChI=1S/C13H10N4O3/c14-8-2-1-5-15-11(8)12(18)16-7-3-4-10-9(6-7)17-13(19)20-10/h1-6H,14H2,(H,16,18)(H,17,19). The van der Waals surface area contributed by atoms with Gasteiger partial charge in [0.05, 0.1) is 11.2 Å². The number of hydrogen-bond acceptors (Lipinski definition) is 5. The summed E-state index contributed by atoms with van der Waals surface area (Å²) in [5.74, 6) is -0.967. The molecule has 0 saturated heterocycles. The molecule has 2 heterocycles. The molecule has 4 N–H and O–H groups in total. The molecule has 0 radical (unpaired) electrons. The van der Waals surface area contributed by atoms with Crippen molar-refractivity contribution in [3.8, 4) is 0 Å². The maximum atomic E-state index is 12.0. The van der Waals surface area contributed by atoms with Crippen LogP contribution < -0.4 is 16.8 Å². The lowest BCUT2D eigenvalue weighted by molar-refractivity contribution is 0.102. The number of rotatable bonds is 2. The van der Waals surface area contributed by atoms with E-state index in [-0.39, 0.29) is 5.69 Å². The predicted molar refractivity (Wildman–Crippen MR) is 73.4 cm³/mol. The highest BCUT2D eigenvalue weighted by Crippen LogP contribution is 2.17. The third-order valence-corrected chi connectivity index (χ3v) is 2.73. The van der Waals surface area contributed by atoms with Crippen LogP contribution in [-0.2, 0) is 0 Å². The van der Waals surface area contributed by atoms with Gasteiger partial charge in [0.15, 0.2) is 11.3 Å². The first-order valence-corrected chi connectivity index (χ1v) is 5.78. The Bertz CT molecular complexity index is 850. The molecule has 1 aromatic carbocycles. The van der Waals surface area contributed by atoms with E-state index >= 15 is 0 Å². The monoisotopic (exact) mass is 270 g/mol. The summed E-state index contributed by atoms with van der Waals surface area (Å²) in [5.41, 5.74) is 7.55. The van der Waals surface area contributed by atoms with Gasteiger partial charge in [0, 0.05) is 11.9 Å². The minimum absolute atomic E-state index is 0.147. The number of benzene rings is 1. The largest absolute Gasteiger partial charge is 0.417 e. The molecule has 3 aromatic rings. The van der Waals surface area contributed by atoms with E-state index < -0.39 is 11.7 Å². The Morgan fingerprint density at radius 2 is 2.20 bits per heavy atom. The van der Waals surface area contributed by atoms with Crippen molar-refractivity contribution >= 4 is 28.4 Å². The van der Waals surface area contributed by atoms with E-state index in [9.17, 15) is 9.59 Å². The van der Waals surface area contributed by atoms with Crippen LogP contribution in [0.25, 0.3) is 11.1 Å². The number of nitrogens with two attached hydrogens (primary N) is 1. The Labute approximate surface area is 112 Å². The van der Waals surface area contributed by atoms with Gasteiger partial charge in [-0.15, -0.1) is 0 Å². The van der Waals surface area contributed by atoms with Gasteiger partial charge in [0.25, 0.3) is 5.91 Å². The van der Waals surface area contributed by atoms with Crippen molar-refractivity contribution in [2.45, 2.75) is 0 Å². The lowest BCUT2D eigenvalue weighted by atomic mass is 10.2. The highest BCUT2D eigenvalue weighted by molar-refractivity contribution is 6.06. The van der Waals surface area contributed by atoms with Gasteiger partial charge in [0.1, 0.15) is 0 Å². The Hall–Kier alpha value is -3.09. The maximum absolute atomic E-state index is 12.0. The average molecular weight is 270 g/mol. The summed E-state index contributed by atoms with van der Waals surface area (Å²) in [4.78, 5) is 29.5. The lowest BCUT2D eigenvalue weighted by Crippen LogP contribution is -2.15. The number of pyridine rings is 1. The molecule has 0 atom stereocenters. The van der Waals surface area contributed by atoms with E-state index in [1.165, 1.54) is 6.20 Å². The molecular formula is C13H10N4O3. The zero-order chi connectivity index (χ0) is 14.1. The number of carbonyl (C=O) groups is 1. The van der Waals surface area contributed by atoms with Crippen molar-refractivity contribution in [2.75, 3.05) is 11.1 Å². The van der Waals surface area contributed by atoms with Gasteiger partial charge in [-0.05, 0) is 30.3 Å². The van der Waals surface area contributed by atoms with E-state index in [1.807, 2.05) is 0 Å². The SMILES string of the molecule is Nc1cccnc1C(=O)Nc1ccc2oc(=O)[nH]c2c1. The molecule has 0 saturated carbocycles. The van der Waals surface area contributed by atoms with Gasteiger partial charge >= 0.3 is 5.76 Å². The summed E-state index contributed by atoms with van der Waals surface area (Å²) in [6, 6.07) is 8.05. The Morgan fingerprint density at radius 1 is 1.35 bits per heavy atom. The molecule has 0 bridgehead atoms. The van der Waals surface area contributed by atoms with Crippen LogP contribution in [0.2, 0.25) is 0 Å². The van der Waals surface area contributed by atoms with E-state index in [4.69, 9.17) is 10.2 Å². The first kappa shape index (κ1) is 12.0. The number of nitrogens with one attached hydrogen (secondary N) is 2. The summed E-state index contributed by atoms with van der Waals surface area (Å²) in [6.07, 6.45) is 1.49. The minimum atomic E-state index is -0.544. The third kappa shape index (κ3) is 2.12. The van der Waals surface area contributed by atoms with Crippen molar-refractivity contribution in [3.63, 3.8) is 0 Å². The average Bonchev–Trinajstić information content (AvgIpc) is 2.78. The molecule has 0 spiro atoms. The number of hydrogen-bond donors (Lipinski definition) is 3. The first-order chi connectivity index (χ1) is 9.63. The Kier molecular flexibility index (Phi) is 2.72. The van der Waals surface area contributed by atoms with Crippen molar-refractivity contribution in [1.29, 1.82) is 0 Å². The predicted octanol–water partition coefficient (Wildman–Crippen LogP) is 1.35. The van der Waals surface area contributed by atoms with Gasteiger partial charge in [-0.25, -0.2) is 9.78 Å². The summed E-state index contributed by atoms with van der Waals surface area (Å²) >= 11 is 0. The van der Waals surface area contributed by atoms with Gasteiger partial charge < -0.3 is 15.5 Å². The Balaban J connectivity index is 1.91. The fourth-order valence-corrected chi connectivity index (χ4v) is 1.83. The van der Waals surface area contributed by atoms with E-state index in [1.54, 1.807) is 30.3 Å². The van der Waals surface area contributed by atoms with Crippen molar-refractivity contribution in [2.24, 2.45) is 0 Å². The van der Waals surface area contributed by atoms with Crippen LogP contribution in [0.5, 0.6) is 0 Å². The number of amides is 1. The fraction of sp³-hybridized carbons (Fsp3) is 0. The maximum Gasteiger partial charge on any atom is 0.417 e. The molecule has 0 aliphatic heterocycles. The fourth-order valence-electron chi connectivity index (χ4n) is 1.83. The summed E-state index contributed by atoms with van der Waals surface area (Å²) in [5, 5.41) is 2.66. The number of aromatic amines is 1. The quantitative estimate of drug-likeness (QED) is 0.650. The molecule has 7 heteroatoms. The zero-order valence-electron chi connectivity index (χ0n) is 10.2. The van der Waals surface area contributed by atoms with Crippen LogP contribution in [0, 0.1) is 0 Å². The van der Waals surface area contributed by atoms with Crippen LogP contribution in [-0.4, -0.2) is 15.9 Å². The lowest BCUT2D eigenvalue weighted by Gasteiger charge is -2.06. The second-order valence-electron chi connectivity index (χ2n) is 4.12. The highest BCUT2D eigenvalue weighted by Gasteiger charge is 2.11. The normalized spacial score (nSPS) is 10.6. The van der Waals surface area contributed by atoms with E-state index in [0.29, 0.717) is 22.5 Å². The van der Waals surface area contributed by atoms with Crippen LogP contribution in [0.4, 0.5) is 11.4 Å². The molecule has 2 aromatic heterocycles. The highest BCUT2D eigenvalue weighted by atomic mass is 16.4. The molecule has 0 fully saturated rings. The van der Waals surface area contributed by atoms with Gasteiger partial charge in [0.2, 0.25) is 0 Å². The van der Waals surface area contributed by atoms with Crippen LogP contribution >= 0.6 is 0 Å². The molecular weight excluding hydrogens is 260 g/mol. The molecule has 0 aliphatic rings. The molecule has 0 unspecified atom stereocenters.